The molecule has 0 aliphatic carbocycles. The van der Waals surface area contributed by atoms with E-state index in [9.17, 15) is 0 Å². The Labute approximate surface area is 90.5 Å². The molecule has 0 atom stereocenters. The monoisotopic (exact) mass is 166 g/mol. The zero-order valence-corrected chi connectivity index (χ0v) is 8.29. The molecule has 12 heavy (non-hydrogen) atoms. The molecule has 6 heteroatoms. The predicted molar refractivity (Wildman–Crippen MR) is 38.5 cm³/mol. The van der Waals surface area contributed by atoms with Gasteiger partial charge in [-0.2, -0.15) is 15.8 Å². The maximum atomic E-state index is 8.38. The van der Waals surface area contributed by atoms with Crippen LogP contribution in [0.3, 0.4) is 0 Å². The van der Waals surface area contributed by atoms with Crippen LogP contribution in [0.5, 0.6) is 0 Å². The van der Waals surface area contributed by atoms with Crippen molar-refractivity contribution in [2.45, 2.75) is 0 Å². The van der Waals surface area contributed by atoms with Gasteiger partial charge >= 0.3 is 0 Å². The second-order valence-electron chi connectivity index (χ2n) is 1.64. The quantitative estimate of drug-likeness (QED) is 0.532. The number of nitrogens with one attached hydrogen (secondary N) is 1. The van der Waals surface area contributed by atoms with E-state index in [4.69, 9.17) is 15.8 Å². The summed E-state index contributed by atoms with van der Waals surface area (Å²) in [5.41, 5.74) is -0.00639. The summed E-state index contributed by atoms with van der Waals surface area (Å²) in [5.74, 6) is -0.0156. The number of nitrogens with zero attached hydrogens (tertiary/aromatic N) is 4. The Bertz CT molecular complexity index is 368. The minimum Gasteiger partial charge on any atom is -0.320 e. The molecular weight excluding hydrogens is 165 g/mol. The largest absolute Gasteiger partial charge is 0.320 e. The van der Waals surface area contributed by atoms with Gasteiger partial charge in [0, 0.05) is 29.6 Å². The number of hydrogen-bond donors (Lipinski definition) is 1. The number of hydrogen-bond acceptors (Lipinski definition) is 4. The summed E-state index contributed by atoms with van der Waals surface area (Å²) >= 11 is 0. The number of rotatable bonds is 0. The van der Waals surface area contributed by atoms with Crippen LogP contribution >= 0.6 is 0 Å². The molecule has 51 valence electrons. The molecule has 1 N–H and O–H groups in total. The van der Waals surface area contributed by atoms with Crippen LogP contribution in [-0.4, -0.2) is 39.5 Å². The summed E-state index contributed by atoms with van der Waals surface area (Å²) in [7, 11) is 0. The van der Waals surface area contributed by atoms with Crippen LogP contribution in [0.15, 0.2) is 0 Å². The molecule has 0 saturated carbocycles. The Morgan fingerprint density at radius 2 is 1.75 bits per heavy atom. The van der Waals surface area contributed by atoms with Crippen LogP contribution in [0.2, 0.25) is 0 Å². The van der Waals surface area contributed by atoms with Crippen LogP contribution < -0.4 is 0 Å². The van der Waals surface area contributed by atoms with Crippen LogP contribution in [0.1, 0.15) is 17.2 Å². The van der Waals surface area contributed by atoms with E-state index in [2.05, 4.69) is 9.97 Å². The van der Waals surface area contributed by atoms with Gasteiger partial charge in [0.1, 0.15) is 18.2 Å². The Morgan fingerprint density at radius 3 is 2.08 bits per heavy atom. The van der Waals surface area contributed by atoms with E-state index in [1.54, 1.807) is 18.2 Å². The zero-order chi connectivity index (χ0) is 8.27. The Kier molecular flexibility index (Phi) is 4.04. The van der Waals surface area contributed by atoms with Crippen molar-refractivity contribution < 1.29 is 0 Å². The number of imidazole rings is 1. The van der Waals surface area contributed by atoms with Crippen molar-refractivity contribution >= 4 is 29.6 Å². The molecule has 0 unspecified atom stereocenters. The third-order valence-electron chi connectivity index (χ3n) is 1.03. The van der Waals surface area contributed by atoms with Crippen molar-refractivity contribution in [3.05, 3.63) is 17.2 Å². The molecule has 0 bridgehead atoms. The fourth-order valence-electron chi connectivity index (χ4n) is 0.588. The minimum atomic E-state index is -0.0379. The molecule has 0 spiro atoms. The minimum absolute atomic E-state index is 0. The van der Waals surface area contributed by atoms with E-state index in [0.717, 1.165) is 0 Å². The molecule has 0 aliphatic rings. The Hall–Kier alpha value is -1.32. The number of nitriles is 3. The second-order valence-corrected chi connectivity index (χ2v) is 1.64. The van der Waals surface area contributed by atoms with Gasteiger partial charge < -0.3 is 4.98 Å². The van der Waals surface area contributed by atoms with E-state index in [1.807, 2.05) is 0 Å². The normalized spacial score (nSPS) is 7.08. The molecule has 0 aromatic carbocycles. The first-order valence-corrected chi connectivity index (χ1v) is 2.62. The van der Waals surface area contributed by atoms with Crippen LogP contribution in [0.4, 0.5) is 0 Å². The predicted octanol–water partition coefficient (Wildman–Crippen LogP) is -0.356. The van der Waals surface area contributed by atoms with E-state index in [1.165, 1.54) is 0 Å². The standard InChI is InChI=1S/C6HN5.Na/c7-1-4-5(2-8)11-6(3-9)10-4;/h(H,10,11);. The number of aromatic amines is 1. The summed E-state index contributed by atoms with van der Waals surface area (Å²) in [4.78, 5) is 5.89. The van der Waals surface area contributed by atoms with Crippen molar-refractivity contribution in [2.24, 2.45) is 0 Å². The molecular formula is C6HN5Na. The number of aromatic nitrogens is 2. The van der Waals surface area contributed by atoms with E-state index >= 15 is 0 Å². The molecule has 1 radical (unpaired) electrons. The van der Waals surface area contributed by atoms with Crippen molar-refractivity contribution in [2.75, 3.05) is 0 Å². The van der Waals surface area contributed by atoms with Crippen molar-refractivity contribution in [3.8, 4) is 18.2 Å². The molecule has 1 aromatic rings. The van der Waals surface area contributed by atoms with Gasteiger partial charge in [0.2, 0.25) is 5.82 Å². The molecule has 0 aliphatic heterocycles. The van der Waals surface area contributed by atoms with Gasteiger partial charge in [0.15, 0.2) is 11.4 Å². The first-order valence-electron chi connectivity index (χ1n) is 2.62. The smallest absolute Gasteiger partial charge is 0.212 e. The fourth-order valence-corrected chi connectivity index (χ4v) is 0.588. The fraction of sp³-hybridized carbons (Fsp3) is 0. The molecule has 1 heterocycles. The van der Waals surface area contributed by atoms with E-state index in [0.29, 0.717) is 0 Å². The summed E-state index contributed by atoms with van der Waals surface area (Å²) in [6.45, 7) is 0. The average Bonchev–Trinajstić information content (AvgIpc) is 2.46. The van der Waals surface area contributed by atoms with Crippen LogP contribution in [0, 0.1) is 34.0 Å². The molecule has 5 nitrogen and oxygen atoms in total. The Morgan fingerprint density at radius 1 is 1.08 bits per heavy atom. The summed E-state index contributed by atoms with van der Waals surface area (Å²) in [6.07, 6.45) is 0. The summed E-state index contributed by atoms with van der Waals surface area (Å²) < 4.78 is 0. The molecule has 1 rings (SSSR count). The molecule has 0 amide bonds. The van der Waals surface area contributed by atoms with Crippen molar-refractivity contribution in [1.29, 1.82) is 15.8 Å². The molecule has 1 aromatic heterocycles. The maximum absolute atomic E-state index is 8.38. The van der Waals surface area contributed by atoms with Gasteiger partial charge in [-0.25, -0.2) is 4.98 Å². The van der Waals surface area contributed by atoms with Gasteiger partial charge in [-0.3, -0.25) is 0 Å². The SMILES string of the molecule is N#Cc1nc(C#N)c(C#N)[nH]1.[Na]. The van der Waals surface area contributed by atoms with Gasteiger partial charge in [0.25, 0.3) is 0 Å². The van der Waals surface area contributed by atoms with Crippen LogP contribution in [-0.2, 0) is 0 Å². The van der Waals surface area contributed by atoms with Gasteiger partial charge in [-0.15, -0.1) is 0 Å². The summed E-state index contributed by atoms with van der Waals surface area (Å²) in [6, 6.07) is 5.08. The number of H-pyrrole nitrogens is 1. The van der Waals surface area contributed by atoms with Gasteiger partial charge in [-0.1, -0.05) is 0 Å². The van der Waals surface area contributed by atoms with Crippen molar-refractivity contribution in [3.63, 3.8) is 0 Å². The van der Waals surface area contributed by atoms with Crippen LogP contribution in [0.25, 0.3) is 0 Å². The van der Waals surface area contributed by atoms with E-state index < -0.39 is 0 Å². The van der Waals surface area contributed by atoms with E-state index in [-0.39, 0.29) is 46.8 Å². The molecule has 0 fully saturated rings. The average molecular weight is 166 g/mol. The van der Waals surface area contributed by atoms with Gasteiger partial charge in [-0.05, 0) is 0 Å². The third-order valence-corrected chi connectivity index (χ3v) is 1.03. The topological polar surface area (TPSA) is 100 Å². The summed E-state index contributed by atoms with van der Waals surface area (Å²) in [5, 5.41) is 25.0. The maximum Gasteiger partial charge on any atom is 0.212 e. The third kappa shape index (κ3) is 1.84. The van der Waals surface area contributed by atoms with Gasteiger partial charge in [0.05, 0.1) is 0 Å². The first-order chi connectivity index (χ1) is 5.31. The Balaban J connectivity index is 0.00000121. The second kappa shape index (κ2) is 4.54. The zero-order valence-electron chi connectivity index (χ0n) is 6.29. The molecule has 0 saturated heterocycles. The van der Waals surface area contributed by atoms with Crippen molar-refractivity contribution in [1.82, 2.24) is 9.97 Å². The first kappa shape index (κ1) is 10.7.